The van der Waals surface area contributed by atoms with Gasteiger partial charge >= 0.3 is 0 Å². The van der Waals surface area contributed by atoms with E-state index in [2.05, 4.69) is 46.3 Å². The van der Waals surface area contributed by atoms with E-state index < -0.39 is 5.91 Å². The van der Waals surface area contributed by atoms with Crippen LogP contribution in [-0.2, 0) is 19.4 Å². The number of aromatic amines is 1. The molecule has 4 N–H and O–H groups in total. The molecule has 3 aromatic carbocycles. The summed E-state index contributed by atoms with van der Waals surface area (Å²) in [6, 6.07) is 22.1. The van der Waals surface area contributed by atoms with E-state index in [-0.39, 0.29) is 5.88 Å². The summed E-state index contributed by atoms with van der Waals surface area (Å²) >= 11 is 0. The van der Waals surface area contributed by atoms with Gasteiger partial charge in [0.1, 0.15) is 0 Å². The Bertz CT molecular complexity index is 1360. The van der Waals surface area contributed by atoms with E-state index >= 15 is 0 Å². The number of rotatable bonds is 5. The van der Waals surface area contributed by atoms with Crippen molar-refractivity contribution in [3.05, 3.63) is 94.5 Å². The molecule has 0 fully saturated rings. The fourth-order valence-corrected chi connectivity index (χ4v) is 4.76. The van der Waals surface area contributed by atoms with Gasteiger partial charge in [-0.05, 0) is 60.7 Å². The molecule has 0 aliphatic carbocycles. The molecular weight excluding hydrogens is 424 g/mol. The number of nitrogens with one attached hydrogen (secondary N) is 1. The zero-order valence-electron chi connectivity index (χ0n) is 19.2. The monoisotopic (exact) mass is 452 g/mol. The molecular formula is C28H28N4O2. The molecule has 1 aliphatic heterocycles. The second kappa shape index (κ2) is 9.15. The van der Waals surface area contributed by atoms with E-state index in [0.717, 1.165) is 43.5 Å². The summed E-state index contributed by atoms with van der Waals surface area (Å²) in [5, 5.41) is 11.3. The average Bonchev–Trinajstić information content (AvgIpc) is 3.03. The van der Waals surface area contributed by atoms with Crippen molar-refractivity contribution in [1.82, 2.24) is 9.88 Å². The number of hydrogen-bond donors (Lipinski definition) is 3. The normalized spacial score (nSPS) is 14.7. The highest BCUT2D eigenvalue weighted by Gasteiger charge is 2.16. The summed E-state index contributed by atoms with van der Waals surface area (Å²) in [5.74, 6) is -0.482. The molecule has 6 heteroatoms. The van der Waals surface area contributed by atoms with Crippen LogP contribution in [0.4, 0.5) is 5.69 Å². The Morgan fingerprint density at radius 2 is 1.71 bits per heavy atom. The Kier molecular flexibility index (Phi) is 5.90. The smallest absolute Gasteiger partial charge is 0.248 e. The van der Waals surface area contributed by atoms with E-state index in [4.69, 9.17) is 10.7 Å². The minimum atomic E-state index is -0.507. The number of hydrogen-bond acceptors (Lipinski definition) is 4. The van der Waals surface area contributed by atoms with E-state index in [9.17, 15) is 9.90 Å². The Labute approximate surface area is 198 Å². The zero-order chi connectivity index (χ0) is 23.7. The number of amides is 1. The van der Waals surface area contributed by atoms with Gasteiger partial charge in [-0.1, -0.05) is 42.5 Å². The summed E-state index contributed by atoms with van der Waals surface area (Å²) in [6.07, 6.45) is 2.18. The standard InChI is InChI=1S/C28H28N4O2/c1-18(26-24-11-8-22(27(29)33)16-25(24)31-28(26)34)30-23-9-6-19(7-10-23)17-32-14-12-20-4-2-3-5-21(20)13-15-32/h2-11,16,31,34H,12-15,17H2,1H3,(H2,29,33). The quantitative estimate of drug-likeness (QED) is 0.383. The molecule has 34 heavy (non-hydrogen) atoms. The molecule has 0 saturated carbocycles. The van der Waals surface area contributed by atoms with Crippen molar-refractivity contribution in [3.8, 4) is 5.88 Å². The van der Waals surface area contributed by atoms with Crippen molar-refractivity contribution in [2.75, 3.05) is 13.1 Å². The van der Waals surface area contributed by atoms with Crippen molar-refractivity contribution in [2.45, 2.75) is 26.3 Å². The lowest BCUT2D eigenvalue weighted by Gasteiger charge is -2.19. The van der Waals surface area contributed by atoms with Gasteiger partial charge in [-0.15, -0.1) is 0 Å². The number of aromatic nitrogens is 1. The van der Waals surface area contributed by atoms with Crippen LogP contribution in [-0.4, -0.2) is 39.7 Å². The fourth-order valence-electron chi connectivity index (χ4n) is 4.76. The number of nitrogens with zero attached hydrogens (tertiary/aromatic N) is 2. The average molecular weight is 453 g/mol. The van der Waals surface area contributed by atoms with Gasteiger partial charge in [-0.3, -0.25) is 14.7 Å². The maximum atomic E-state index is 11.5. The van der Waals surface area contributed by atoms with Crippen LogP contribution in [0.25, 0.3) is 10.9 Å². The van der Waals surface area contributed by atoms with E-state index in [0.29, 0.717) is 22.4 Å². The molecule has 1 amide bonds. The first-order chi connectivity index (χ1) is 16.5. The van der Waals surface area contributed by atoms with Crippen LogP contribution in [0.3, 0.4) is 0 Å². The largest absolute Gasteiger partial charge is 0.494 e. The number of aromatic hydroxyl groups is 1. The van der Waals surface area contributed by atoms with Crippen LogP contribution in [0.15, 0.2) is 71.7 Å². The van der Waals surface area contributed by atoms with Gasteiger partial charge in [0.25, 0.3) is 0 Å². The highest BCUT2D eigenvalue weighted by Crippen LogP contribution is 2.30. The summed E-state index contributed by atoms with van der Waals surface area (Å²) in [4.78, 5) is 21.6. The van der Waals surface area contributed by atoms with Crippen LogP contribution in [0, 0.1) is 0 Å². The fraction of sp³-hybridized carbons (Fsp3) is 0.214. The Morgan fingerprint density at radius 1 is 1.03 bits per heavy atom. The lowest BCUT2D eigenvalue weighted by atomic mass is 10.0. The van der Waals surface area contributed by atoms with Crippen molar-refractivity contribution in [2.24, 2.45) is 10.7 Å². The van der Waals surface area contributed by atoms with E-state index in [1.54, 1.807) is 18.2 Å². The third kappa shape index (κ3) is 4.45. The Hall–Kier alpha value is -3.90. The maximum Gasteiger partial charge on any atom is 0.248 e. The Morgan fingerprint density at radius 3 is 2.35 bits per heavy atom. The number of nitrogens with two attached hydrogens (primary N) is 1. The first-order valence-corrected chi connectivity index (χ1v) is 11.6. The molecule has 0 saturated heterocycles. The lowest BCUT2D eigenvalue weighted by Crippen LogP contribution is -2.25. The van der Waals surface area contributed by atoms with Gasteiger partial charge in [-0.2, -0.15) is 0 Å². The first kappa shape index (κ1) is 21.9. The number of benzene rings is 3. The van der Waals surface area contributed by atoms with Crippen LogP contribution < -0.4 is 5.73 Å². The molecule has 2 heterocycles. The molecule has 0 atom stereocenters. The van der Waals surface area contributed by atoms with Crippen LogP contribution >= 0.6 is 0 Å². The van der Waals surface area contributed by atoms with E-state index in [1.165, 1.54) is 16.7 Å². The predicted molar refractivity (Wildman–Crippen MR) is 136 cm³/mol. The Balaban J connectivity index is 1.31. The predicted octanol–water partition coefficient (Wildman–Crippen LogP) is 4.71. The highest BCUT2D eigenvalue weighted by atomic mass is 16.3. The number of carbonyl (C=O) groups excluding carboxylic acids is 1. The summed E-state index contributed by atoms with van der Waals surface area (Å²) < 4.78 is 0. The molecule has 5 rings (SSSR count). The number of carbonyl (C=O) groups is 1. The summed E-state index contributed by atoms with van der Waals surface area (Å²) in [5.41, 5.74) is 12.7. The molecule has 0 radical (unpaired) electrons. The molecule has 4 aromatic rings. The first-order valence-electron chi connectivity index (χ1n) is 11.6. The maximum absolute atomic E-state index is 11.5. The second-order valence-electron chi connectivity index (χ2n) is 8.88. The van der Waals surface area contributed by atoms with Gasteiger partial charge in [0.15, 0.2) is 5.88 Å². The highest BCUT2D eigenvalue weighted by molar-refractivity contribution is 6.13. The van der Waals surface area contributed by atoms with Crippen molar-refractivity contribution < 1.29 is 9.90 Å². The van der Waals surface area contributed by atoms with Gasteiger partial charge < -0.3 is 15.8 Å². The van der Waals surface area contributed by atoms with Crippen LogP contribution in [0.5, 0.6) is 5.88 Å². The summed E-state index contributed by atoms with van der Waals surface area (Å²) in [7, 11) is 0. The topological polar surface area (TPSA) is 94.7 Å². The second-order valence-corrected chi connectivity index (χ2v) is 8.88. The number of primary amides is 1. The third-order valence-electron chi connectivity index (χ3n) is 6.58. The van der Waals surface area contributed by atoms with Gasteiger partial charge in [-0.25, -0.2) is 0 Å². The molecule has 1 aromatic heterocycles. The van der Waals surface area contributed by atoms with Crippen molar-refractivity contribution in [3.63, 3.8) is 0 Å². The van der Waals surface area contributed by atoms with Gasteiger partial charge in [0.2, 0.25) is 5.91 Å². The van der Waals surface area contributed by atoms with E-state index in [1.807, 2.05) is 19.1 Å². The molecule has 172 valence electrons. The van der Waals surface area contributed by atoms with Crippen molar-refractivity contribution in [1.29, 1.82) is 0 Å². The SMILES string of the molecule is CC(=Nc1ccc(CN2CCc3ccccc3CC2)cc1)c1c(O)[nH]c2cc(C(N)=O)ccc12. The minimum absolute atomic E-state index is 0.0247. The molecule has 0 bridgehead atoms. The minimum Gasteiger partial charge on any atom is -0.494 e. The molecule has 0 spiro atoms. The zero-order valence-corrected chi connectivity index (χ0v) is 19.2. The van der Waals surface area contributed by atoms with Gasteiger partial charge in [0, 0.05) is 36.1 Å². The van der Waals surface area contributed by atoms with Crippen LogP contribution in [0.2, 0.25) is 0 Å². The number of aliphatic imine (C=N–C) groups is 1. The van der Waals surface area contributed by atoms with Crippen molar-refractivity contribution >= 4 is 28.2 Å². The summed E-state index contributed by atoms with van der Waals surface area (Å²) in [6.45, 7) is 4.91. The number of H-pyrrole nitrogens is 1. The third-order valence-corrected chi connectivity index (χ3v) is 6.58. The van der Waals surface area contributed by atoms with Crippen LogP contribution in [0.1, 0.15) is 39.5 Å². The molecule has 0 unspecified atom stereocenters. The number of fused-ring (bicyclic) bond motifs is 2. The molecule has 1 aliphatic rings. The molecule has 6 nitrogen and oxygen atoms in total. The van der Waals surface area contributed by atoms with Gasteiger partial charge in [0.05, 0.1) is 17.0 Å². The lowest BCUT2D eigenvalue weighted by molar-refractivity contribution is 0.100.